The second kappa shape index (κ2) is 5.50. The van der Waals surface area contributed by atoms with Crippen molar-refractivity contribution in [1.29, 1.82) is 0 Å². The van der Waals surface area contributed by atoms with Gasteiger partial charge in [-0.05, 0) is 23.6 Å². The fourth-order valence-corrected chi connectivity index (χ4v) is 1.84. The molecule has 0 saturated carbocycles. The van der Waals surface area contributed by atoms with Crippen molar-refractivity contribution in [3.8, 4) is 0 Å². The Morgan fingerprint density at radius 1 is 1.33 bits per heavy atom. The molecule has 0 aliphatic carbocycles. The molecule has 0 aromatic heterocycles. The molecule has 0 aliphatic heterocycles. The number of aliphatic hydroxyl groups excluding tert-OH is 1. The van der Waals surface area contributed by atoms with Crippen molar-refractivity contribution in [1.82, 2.24) is 0 Å². The maximum absolute atomic E-state index is 10.1. The Bertz CT molecular complexity index is 312. The van der Waals surface area contributed by atoms with Gasteiger partial charge in [-0.2, -0.15) is 0 Å². The second-order valence-corrected chi connectivity index (χ2v) is 4.38. The minimum absolute atomic E-state index is 0.205. The highest BCUT2D eigenvalue weighted by molar-refractivity contribution is 6.30. The summed E-state index contributed by atoms with van der Waals surface area (Å²) in [7, 11) is 1.61. The quantitative estimate of drug-likeness (QED) is 0.859. The first-order valence-electron chi connectivity index (χ1n) is 5.02. The summed E-state index contributed by atoms with van der Waals surface area (Å²) in [5, 5.41) is 10.7. The van der Waals surface area contributed by atoms with Crippen LogP contribution in [0.15, 0.2) is 24.3 Å². The largest absolute Gasteiger partial charge is 0.386 e. The van der Waals surface area contributed by atoms with E-state index in [2.05, 4.69) is 0 Å². The van der Waals surface area contributed by atoms with Crippen LogP contribution in [0, 0.1) is 5.92 Å². The first kappa shape index (κ1) is 12.5. The predicted octanol–water partition coefficient (Wildman–Crippen LogP) is 3.04. The van der Waals surface area contributed by atoms with Crippen LogP contribution in [-0.2, 0) is 4.74 Å². The Kier molecular flexibility index (Phi) is 4.58. The summed E-state index contributed by atoms with van der Waals surface area (Å²) in [5.41, 5.74) is 0.794. The molecule has 0 radical (unpaired) electrons. The van der Waals surface area contributed by atoms with Crippen LogP contribution in [0.4, 0.5) is 0 Å². The fraction of sp³-hybridized carbons (Fsp3) is 0.500. The lowest BCUT2D eigenvalue weighted by Crippen LogP contribution is -2.26. The van der Waals surface area contributed by atoms with Crippen LogP contribution < -0.4 is 0 Å². The van der Waals surface area contributed by atoms with Gasteiger partial charge in [0.15, 0.2) is 0 Å². The van der Waals surface area contributed by atoms with Crippen LogP contribution in [0.5, 0.6) is 0 Å². The van der Waals surface area contributed by atoms with Crippen molar-refractivity contribution >= 4 is 11.6 Å². The Balaban J connectivity index is 2.87. The fourth-order valence-electron chi connectivity index (χ4n) is 1.65. The van der Waals surface area contributed by atoms with Crippen LogP contribution in [0.2, 0.25) is 5.02 Å². The first-order chi connectivity index (χ1) is 7.06. The zero-order valence-corrected chi connectivity index (χ0v) is 10.0. The van der Waals surface area contributed by atoms with Gasteiger partial charge in [0.25, 0.3) is 0 Å². The molecular formula is C12H17ClO2. The summed E-state index contributed by atoms with van der Waals surface area (Å²) in [6.07, 6.45) is -0.836. The third-order valence-corrected chi connectivity index (χ3v) is 2.67. The van der Waals surface area contributed by atoms with Crippen molar-refractivity contribution in [3.63, 3.8) is 0 Å². The zero-order chi connectivity index (χ0) is 11.4. The highest BCUT2D eigenvalue weighted by atomic mass is 35.5. The minimum atomic E-state index is -0.631. The van der Waals surface area contributed by atoms with Gasteiger partial charge in [0.05, 0.1) is 6.10 Å². The van der Waals surface area contributed by atoms with E-state index < -0.39 is 6.10 Å². The number of aliphatic hydroxyl groups is 1. The number of rotatable bonds is 4. The van der Waals surface area contributed by atoms with Crippen LogP contribution in [0.1, 0.15) is 25.5 Å². The molecule has 15 heavy (non-hydrogen) atoms. The molecule has 2 unspecified atom stereocenters. The summed E-state index contributed by atoms with van der Waals surface area (Å²) >= 11 is 5.86. The Morgan fingerprint density at radius 3 is 2.47 bits per heavy atom. The molecule has 0 saturated heterocycles. The summed E-state index contributed by atoms with van der Waals surface area (Å²) in [4.78, 5) is 0. The standard InChI is InChI=1S/C12H17ClO2/c1-8(2)12(15-3)11(14)9-5-4-6-10(13)7-9/h4-8,11-12,14H,1-3H3. The van der Waals surface area contributed by atoms with E-state index in [1.807, 2.05) is 26.0 Å². The highest BCUT2D eigenvalue weighted by Gasteiger charge is 2.23. The molecule has 1 aromatic carbocycles. The Labute approximate surface area is 95.8 Å². The van der Waals surface area contributed by atoms with Crippen LogP contribution >= 0.6 is 11.6 Å². The van der Waals surface area contributed by atoms with Gasteiger partial charge >= 0.3 is 0 Å². The lowest BCUT2D eigenvalue weighted by Gasteiger charge is -2.25. The van der Waals surface area contributed by atoms with Gasteiger partial charge in [-0.25, -0.2) is 0 Å². The van der Waals surface area contributed by atoms with Crippen molar-refractivity contribution in [2.75, 3.05) is 7.11 Å². The topological polar surface area (TPSA) is 29.5 Å². The molecule has 84 valence electrons. The average Bonchev–Trinajstić information content (AvgIpc) is 2.18. The molecule has 0 bridgehead atoms. The van der Waals surface area contributed by atoms with Gasteiger partial charge in [-0.1, -0.05) is 37.6 Å². The van der Waals surface area contributed by atoms with Gasteiger partial charge in [0.1, 0.15) is 6.10 Å². The smallest absolute Gasteiger partial charge is 0.105 e. The first-order valence-corrected chi connectivity index (χ1v) is 5.40. The Hall–Kier alpha value is -0.570. The van der Waals surface area contributed by atoms with Crippen molar-refractivity contribution in [2.24, 2.45) is 5.92 Å². The van der Waals surface area contributed by atoms with Crippen molar-refractivity contribution in [2.45, 2.75) is 26.1 Å². The van der Waals surface area contributed by atoms with Crippen molar-refractivity contribution in [3.05, 3.63) is 34.9 Å². The van der Waals surface area contributed by atoms with Gasteiger partial charge in [0.2, 0.25) is 0 Å². The summed E-state index contributed by atoms with van der Waals surface area (Å²) in [5.74, 6) is 0.254. The average molecular weight is 229 g/mol. The summed E-state index contributed by atoms with van der Waals surface area (Å²) in [6.45, 7) is 4.03. The van der Waals surface area contributed by atoms with Gasteiger partial charge < -0.3 is 9.84 Å². The van der Waals surface area contributed by atoms with Crippen LogP contribution in [0.25, 0.3) is 0 Å². The van der Waals surface area contributed by atoms with Crippen LogP contribution in [-0.4, -0.2) is 18.3 Å². The second-order valence-electron chi connectivity index (χ2n) is 3.94. The lowest BCUT2D eigenvalue weighted by atomic mass is 9.96. The van der Waals surface area contributed by atoms with Crippen molar-refractivity contribution < 1.29 is 9.84 Å². The highest BCUT2D eigenvalue weighted by Crippen LogP contribution is 2.25. The molecule has 0 fully saturated rings. The number of methoxy groups -OCH3 is 1. The van der Waals surface area contributed by atoms with E-state index >= 15 is 0 Å². The number of hydrogen-bond donors (Lipinski definition) is 1. The number of halogens is 1. The lowest BCUT2D eigenvalue weighted by molar-refractivity contribution is -0.0390. The Morgan fingerprint density at radius 2 is 2.00 bits per heavy atom. The van der Waals surface area contributed by atoms with Gasteiger partial charge in [-0.15, -0.1) is 0 Å². The number of hydrogen-bond acceptors (Lipinski definition) is 2. The third-order valence-electron chi connectivity index (χ3n) is 2.43. The van der Waals surface area contributed by atoms with E-state index in [-0.39, 0.29) is 12.0 Å². The van der Waals surface area contributed by atoms with E-state index in [1.54, 1.807) is 19.2 Å². The zero-order valence-electron chi connectivity index (χ0n) is 9.27. The monoisotopic (exact) mass is 228 g/mol. The molecule has 0 amide bonds. The molecule has 2 atom stereocenters. The van der Waals surface area contributed by atoms with Gasteiger partial charge in [0, 0.05) is 12.1 Å². The van der Waals surface area contributed by atoms with E-state index in [0.717, 1.165) is 5.56 Å². The molecule has 2 nitrogen and oxygen atoms in total. The SMILES string of the molecule is COC(C(C)C)C(O)c1cccc(Cl)c1. The normalized spacial score (nSPS) is 15.3. The molecule has 3 heteroatoms. The maximum Gasteiger partial charge on any atom is 0.105 e. The molecule has 0 heterocycles. The van der Waals surface area contributed by atoms with E-state index in [1.165, 1.54) is 0 Å². The van der Waals surface area contributed by atoms with Gasteiger partial charge in [-0.3, -0.25) is 0 Å². The third kappa shape index (κ3) is 3.20. The minimum Gasteiger partial charge on any atom is -0.386 e. The number of ether oxygens (including phenoxy) is 1. The predicted molar refractivity (Wildman–Crippen MR) is 62.0 cm³/mol. The van der Waals surface area contributed by atoms with Crippen LogP contribution in [0.3, 0.4) is 0 Å². The molecule has 1 rings (SSSR count). The maximum atomic E-state index is 10.1. The van der Waals surface area contributed by atoms with E-state index in [9.17, 15) is 5.11 Å². The molecule has 0 spiro atoms. The number of benzene rings is 1. The van der Waals surface area contributed by atoms with E-state index in [4.69, 9.17) is 16.3 Å². The molecule has 0 aliphatic rings. The summed E-state index contributed by atoms with van der Waals surface area (Å²) < 4.78 is 5.27. The summed E-state index contributed by atoms with van der Waals surface area (Å²) in [6, 6.07) is 7.23. The van der Waals surface area contributed by atoms with E-state index in [0.29, 0.717) is 5.02 Å². The molecular weight excluding hydrogens is 212 g/mol. The molecule has 1 N–H and O–H groups in total. The molecule has 1 aromatic rings.